The normalized spacial score (nSPS) is 24.7. The fourth-order valence-corrected chi connectivity index (χ4v) is 16.0. The number of methoxy groups -OCH3 is 4. The van der Waals surface area contributed by atoms with E-state index in [4.69, 9.17) is 74.2 Å². The van der Waals surface area contributed by atoms with Crippen LogP contribution in [0.4, 0.5) is 21.0 Å². The van der Waals surface area contributed by atoms with Gasteiger partial charge in [0.15, 0.2) is 52.9 Å². The number of carboxylic acids is 1. The minimum atomic E-state index is -2.51. The molecule has 2 fully saturated rings. The lowest BCUT2D eigenvalue weighted by Gasteiger charge is -2.48. The second kappa shape index (κ2) is 40.7. The molecule has 11 bridgehead atoms. The van der Waals surface area contributed by atoms with Crippen LogP contribution in [0.2, 0.25) is 5.02 Å². The number of benzene rings is 7. The fraction of sp³-hybridized carbons (Fsp3) is 0.395. The van der Waals surface area contributed by atoms with Crippen molar-refractivity contribution in [1.29, 1.82) is 0 Å². The number of aliphatic carboxylic acids is 1. The van der Waals surface area contributed by atoms with Crippen LogP contribution in [0.15, 0.2) is 103 Å². The summed E-state index contributed by atoms with van der Waals surface area (Å²) < 4.78 is 71.2. The number of carboxylic acid groups (broad SMARTS) is 1. The molecule has 47 nitrogen and oxygen atoms in total. The molecule has 19 N–H and O–H groups in total. The van der Waals surface area contributed by atoms with Crippen LogP contribution >= 0.6 is 11.6 Å². The zero-order chi connectivity index (χ0) is 97.8. The number of ether oxygens (including phenoxy) is 12. The third kappa shape index (κ3) is 21.0. The Labute approximate surface area is 763 Å². The van der Waals surface area contributed by atoms with Gasteiger partial charge in [0.1, 0.15) is 108 Å². The van der Waals surface area contributed by atoms with E-state index in [-0.39, 0.29) is 57.4 Å². The summed E-state index contributed by atoms with van der Waals surface area (Å²) in [5, 5.41) is 158. The Balaban J connectivity index is 1.03. The molecule has 7 aromatic rings. The monoisotopic (exact) mass is 1890 g/mol. The number of hydrogen-bond acceptors (Lipinski definition) is 35. The number of nitro groups is 2. The Morgan fingerprint density at radius 1 is 0.672 bits per heavy atom. The molecule has 716 valence electrons. The Hall–Kier alpha value is -14.4. The third-order valence-electron chi connectivity index (χ3n) is 22.7. The summed E-state index contributed by atoms with van der Waals surface area (Å²) in [6, 6.07) is 1.15. The summed E-state index contributed by atoms with van der Waals surface area (Å²) >= 11 is 7.15. The minimum Gasteiger partial charge on any atom is -0.508 e. The van der Waals surface area contributed by atoms with E-state index in [1.165, 1.54) is 67.4 Å². The van der Waals surface area contributed by atoms with Gasteiger partial charge in [-0.1, -0.05) is 43.6 Å². The molecule has 0 aliphatic carbocycles. The molecule has 0 aromatic heterocycles. The number of amides is 9. The average Bonchev–Trinajstić information content (AvgIpc) is 0.752. The number of hydrogen-bond donors (Lipinski definition) is 18. The summed E-state index contributed by atoms with van der Waals surface area (Å²) in [4.78, 5) is 172. The number of phenolic OH excluding ortho intramolecular Hbond substituents is 3. The number of carbonyl (C=O) groups is 10. The second-order valence-corrected chi connectivity index (χ2v) is 32.7. The highest BCUT2D eigenvalue weighted by atomic mass is 35.5. The predicted octanol–water partition coefficient (Wildman–Crippen LogP) is 3.49. The SMILES string of the molecule is COc1cc(COC(=O)N[C@@]2(C)C[C@H](O[C@H]3[C@H](Oc4c5cc6cc4Oc4ccc(cc4Cl)[C@@H](O)[C@@H]4NC(=O)[C@H](NC(=O)[C@@H]6NC(=O)[C@H](CC(N)=O)NC(=O)[C@H](NC(=O)[C@@H](CC(C)C)N(C)C(=O)Oc6cc(OC)c(OC)cc6[N+](=O)[O-])[C@H](O)c6ccc(c(C)c6)O5)c5ccc(O)c(c5)-c5c(O)cc(O)cc5[C@@H](C(=O)O)NC4=O)O[C@H](CO)[C@@H](O)[C@@H]3O)O[C@@H](C)[C@H]2O)c([N+](=O)[O-])cc1OC. The van der Waals surface area contributed by atoms with E-state index in [2.05, 4.69) is 37.2 Å². The first-order chi connectivity index (χ1) is 63.4. The van der Waals surface area contributed by atoms with E-state index >= 15 is 28.8 Å². The number of primary amides is 1. The largest absolute Gasteiger partial charge is 0.508 e. The molecule has 0 saturated carbocycles. The smallest absolute Gasteiger partial charge is 0.415 e. The van der Waals surface area contributed by atoms with Crippen molar-refractivity contribution in [3.05, 3.63) is 167 Å². The lowest BCUT2D eigenvalue weighted by atomic mass is 9.85. The van der Waals surface area contributed by atoms with E-state index in [0.717, 1.165) is 92.0 Å². The maximum Gasteiger partial charge on any atom is 0.415 e. The Morgan fingerprint density at radius 2 is 1.27 bits per heavy atom. The molecule has 0 spiro atoms. The quantitative estimate of drug-likeness (QED) is 0.0322. The van der Waals surface area contributed by atoms with Gasteiger partial charge in [-0.3, -0.25) is 58.7 Å². The van der Waals surface area contributed by atoms with Crippen LogP contribution in [0.5, 0.6) is 74.7 Å². The van der Waals surface area contributed by atoms with Crippen molar-refractivity contribution in [2.45, 2.75) is 170 Å². The molecule has 7 aromatic carbocycles. The number of carbonyl (C=O) groups excluding carboxylic acids is 9. The van der Waals surface area contributed by atoms with E-state index in [1.54, 1.807) is 13.8 Å². The average molecular weight is 1890 g/mol. The highest BCUT2D eigenvalue weighted by Gasteiger charge is 2.53. The molecule has 14 rings (SSSR count). The van der Waals surface area contributed by atoms with Crippen molar-refractivity contribution in [2.24, 2.45) is 11.7 Å². The zero-order valence-electron chi connectivity index (χ0n) is 72.6. The van der Waals surface area contributed by atoms with Crippen LogP contribution in [0.3, 0.4) is 0 Å². The number of likely N-dealkylation sites (N-methyl/N-ethyl adjacent to an activating group) is 1. The van der Waals surface area contributed by atoms with Crippen molar-refractivity contribution >= 4 is 82.5 Å². The lowest BCUT2D eigenvalue weighted by molar-refractivity contribution is -0.386. The summed E-state index contributed by atoms with van der Waals surface area (Å²) in [6.45, 7) is 5.42. The van der Waals surface area contributed by atoms with Crippen LogP contribution in [0.1, 0.15) is 116 Å². The highest BCUT2D eigenvalue weighted by Crippen LogP contribution is 2.51. The van der Waals surface area contributed by atoms with Gasteiger partial charge in [0.2, 0.25) is 59.1 Å². The molecule has 7 heterocycles. The molecule has 7 aliphatic rings. The summed E-state index contributed by atoms with van der Waals surface area (Å²) in [6.07, 6.45) is -24.7. The predicted molar refractivity (Wildman–Crippen MR) is 455 cm³/mol. The van der Waals surface area contributed by atoms with Gasteiger partial charge in [0, 0.05) is 42.3 Å². The first kappa shape index (κ1) is 98.6. The first-order valence-electron chi connectivity index (χ1n) is 40.9. The molecule has 134 heavy (non-hydrogen) atoms. The van der Waals surface area contributed by atoms with Crippen LogP contribution in [-0.4, -0.2) is 246 Å². The molecule has 7 aliphatic heterocycles. The molecule has 2 saturated heterocycles. The number of halogens is 1. The van der Waals surface area contributed by atoms with E-state index < -0.39 is 301 Å². The number of nitrogens with one attached hydrogen (secondary N) is 7. The van der Waals surface area contributed by atoms with Gasteiger partial charge in [0.25, 0.3) is 5.69 Å². The molecule has 0 unspecified atom stereocenters. The van der Waals surface area contributed by atoms with Crippen LogP contribution in [-0.2, 0) is 63.9 Å². The molecular weight excluding hydrogens is 1800 g/mol. The molecule has 18 atom stereocenters. The van der Waals surface area contributed by atoms with Crippen LogP contribution in [0.25, 0.3) is 11.1 Å². The molecular formula is C86H94ClN11O36. The van der Waals surface area contributed by atoms with Crippen molar-refractivity contribution in [2.75, 3.05) is 42.1 Å². The number of aliphatic hydroxyl groups is 6. The van der Waals surface area contributed by atoms with Crippen molar-refractivity contribution in [3.63, 3.8) is 0 Å². The number of alkyl carbamates (subject to hydrolysis) is 1. The molecule has 48 heteroatoms. The highest BCUT2D eigenvalue weighted by molar-refractivity contribution is 6.32. The van der Waals surface area contributed by atoms with E-state index in [0.29, 0.717) is 4.90 Å². The third-order valence-corrected chi connectivity index (χ3v) is 23.0. The van der Waals surface area contributed by atoms with Gasteiger partial charge in [-0.2, -0.15) is 0 Å². The summed E-state index contributed by atoms with van der Waals surface area (Å²) in [5.74, 6) is -19.1. The van der Waals surface area contributed by atoms with Crippen LogP contribution in [0, 0.1) is 33.1 Å². The number of aliphatic hydroxyl groups excluding tert-OH is 6. The van der Waals surface area contributed by atoms with Gasteiger partial charge in [-0.15, -0.1) is 0 Å². The fourth-order valence-electron chi connectivity index (χ4n) is 15.8. The maximum absolute atomic E-state index is 16.4. The Bertz CT molecular complexity index is 5790. The van der Waals surface area contributed by atoms with Gasteiger partial charge in [-0.05, 0) is 122 Å². The number of nitro benzene ring substituents is 2. The number of rotatable bonds is 23. The number of aromatic hydroxyl groups is 3. The topological polar surface area (TPSA) is 684 Å². The molecule has 0 radical (unpaired) electrons. The van der Waals surface area contributed by atoms with Crippen molar-refractivity contribution in [1.82, 2.24) is 42.1 Å². The number of nitrogens with zero attached hydrogens (tertiary/aromatic N) is 3. The number of nitrogens with two attached hydrogens (primary N) is 1. The maximum atomic E-state index is 16.4. The Kier molecular flexibility index (Phi) is 30.0. The van der Waals surface area contributed by atoms with Gasteiger partial charge in [-0.25, -0.2) is 14.4 Å². The summed E-state index contributed by atoms with van der Waals surface area (Å²) in [5.41, 5.74) is -0.954. The first-order valence-corrected chi connectivity index (χ1v) is 41.3. The van der Waals surface area contributed by atoms with Crippen molar-refractivity contribution < 1.29 is 166 Å². The standard InChI is InChI=1S/C86H94ClN11O36/c1-33(2)17-48(96(6)85(118)132-53-29-57(126-10)56(125-9)28-47(53)98(121)122)77(110)93-67-69(104)37-12-15-51(34(3)18-37)129-58-21-39-22-59(73(58)134-83-74(72(107)71(106)60(31-99)131-83)133-62-30-86(5,75(108)35(4)128-62)95-84(117)127-32-40-23-54(123-7)55(124-8)27-46(40)97(119)120)130-52-16-13-38(20-44(52)87)70(105)68-81(114)92-66(82(115)116)43-24-41(100)25-50(102)63(43)42-19-36(11-14-49(42)101)64(78(111)94-68)91-79(112)65(39)90-76(109)45(26-61(88)103)89-80(67)113/h11-16,18-25,27-29,33,35,45,48,60,62,64-72,74-75,83,99-102,104-108H,17,26,30-32H2,1-10H3,(H2,88,103)(H,89,113)(H,90,109)(H,91,112)(H,92,114)(H,93,110)(H,94,111)(H,95,117)(H,115,116)/t35-,45-,48+,60+,62-,64+,65+,66-,67+,68-,69+,70+,71+,72-,74+,75+,83-,86-/m0/s1. The molecule has 9 amide bonds. The number of fused-ring (bicyclic) bond motifs is 15. The summed E-state index contributed by atoms with van der Waals surface area (Å²) in [7, 11) is 5.93. The zero-order valence-corrected chi connectivity index (χ0v) is 73.4. The lowest BCUT2D eigenvalue weighted by Crippen LogP contribution is -2.66. The second-order valence-electron chi connectivity index (χ2n) is 32.3. The van der Waals surface area contributed by atoms with Crippen molar-refractivity contribution in [3.8, 4) is 85.9 Å². The van der Waals surface area contributed by atoms with Gasteiger partial charge >= 0.3 is 23.8 Å². The van der Waals surface area contributed by atoms with Crippen LogP contribution < -0.4 is 80.8 Å². The van der Waals surface area contributed by atoms with Gasteiger partial charge < -0.3 is 151 Å². The number of phenols is 3. The number of aryl methyl sites for hydroxylation is 1. The van der Waals surface area contributed by atoms with E-state index in [9.17, 15) is 90.5 Å². The Morgan fingerprint density at radius 3 is 1.88 bits per heavy atom. The van der Waals surface area contributed by atoms with E-state index in [1.807, 2.05) is 0 Å². The minimum absolute atomic E-state index is 0.0224. The van der Waals surface area contributed by atoms with Gasteiger partial charge in [0.05, 0.1) is 85.7 Å².